The molecule has 0 aliphatic rings. The lowest BCUT2D eigenvalue weighted by molar-refractivity contribution is -0.684. The van der Waals surface area contributed by atoms with Crippen molar-refractivity contribution < 1.29 is 21.8 Å². The van der Waals surface area contributed by atoms with Gasteiger partial charge in [0.25, 0.3) is 5.91 Å². The van der Waals surface area contributed by atoms with Crippen molar-refractivity contribution in [2.45, 2.75) is 20.4 Å². The molecule has 0 fully saturated rings. The number of carbonyl (C=O) groups excluding carboxylic acids is 1. The number of amides is 1. The van der Waals surface area contributed by atoms with Crippen molar-refractivity contribution in [1.82, 2.24) is 0 Å². The second kappa shape index (κ2) is 6.90. The topological polar surface area (TPSA) is 33.0 Å². The molecule has 2 rings (SSSR count). The van der Waals surface area contributed by atoms with E-state index in [-0.39, 0.29) is 18.3 Å². The Morgan fingerprint density at radius 3 is 2.21 bits per heavy atom. The summed E-state index contributed by atoms with van der Waals surface area (Å²) in [5.74, 6) is -0.0174. The van der Waals surface area contributed by atoms with Crippen molar-refractivity contribution in [2.24, 2.45) is 0 Å². The van der Waals surface area contributed by atoms with E-state index in [1.54, 1.807) is 0 Å². The summed E-state index contributed by atoms with van der Waals surface area (Å²) in [5.41, 5.74) is 3.16. The maximum atomic E-state index is 11.9. The molecule has 0 atom stereocenters. The molecule has 1 N–H and O–H groups in total. The van der Waals surface area contributed by atoms with Crippen LogP contribution in [0.25, 0.3) is 0 Å². The molecule has 0 bridgehead atoms. The van der Waals surface area contributed by atoms with E-state index in [0.29, 0.717) is 6.54 Å². The Morgan fingerprint density at radius 1 is 1.05 bits per heavy atom. The number of carbonyl (C=O) groups is 1. The fourth-order valence-corrected chi connectivity index (χ4v) is 1.95. The summed E-state index contributed by atoms with van der Waals surface area (Å²) in [4.78, 5) is 11.9. The van der Waals surface area contributed by atoms with Gasteiger partial charge in [-0.15, -0.1) is 0 Å². The van der Waals surface area contributed by atoms with Gasteiger partial charge in [0.1, 0.15) is 0 Å². The summed E-state index contributed by atoms with van der Waals surface area (Å²) in [7, 11) is 0. The molecule has 0 spiro atoms. The van der Waals surface area contributed by atoms with Crippen LogP contribution >= 0.6 is 0 Å². The number of benzene rings is 1. The van der Waals surface area contributed by atoms with Crippen LogP contribution in [0, 0.1) is 13.8 Å². The van der Waals surface area contributed by atoms with Crippen molar-refractivity contribution in [2.75, 3.05) is 5.32 Å². The van der Waals surface area contributed by atoms with E-state index in [4.69, 9.17) is 0 Å². The lowest BCUT2D eigenvalue weighted by Crippen LogP contribution is -3.00. The summed E-state index contributed by atoms with van der Waals surface area (Å²) >= 11 is 0. The summed E-state index contributed by atoms with van der Waals surface area (Å²) < 4.78 is 1.85. The zero-order chi connectivity index (χ0) is 13.0. The van der Waals surface area contributed by atoms with Crippen LogP contribution in [0.4, 0.5) is 5.69 Å². The highest BCUT2D eigenvalue weighted by Crippen LogP contribution is 2.13. The Hall–Kier alpha value is -1.87. The van der Waals surface area contributed by atoms with Gasteiger partial charge in [-0.2, -0.15) is 4.57 Å². The highest BCUT2D eigenvalue weighted by atomic mass is 35.5. The first-order valence-electron chi connectivity index (χ1n) is 5.96. The molecule has 0 saturated heterocycles. The minimum absolute atomic E-state index is 0. The Morgan fingerprint density at radius 2 is 1.63 bits per heavy atom. The molecule has 1 heterocycles. The molecular formula is C15H17ClN2O. The largest absolute Gasteiger partial charge is 1.00 e. The number of nitrogens with zero attached hydrogens (tertiary/aromatic N) is 1. The van der Waals surface area contributed by atoms with Gasteiger partial charge in [0.15, 0.2) is 12.4 Å². The van der Waals surface area contributed by atoms with Crippen molar-refractivity contribution in [3.63, 3.8) is 0 Å². The van der Waals surface area contributed by atoms with E-state index < -0.39 is 0 Å². The molecule has 1 aromatic heterocycles. The maximum absolute atomic E-state index is 11.9. The van der Waals surface area contributed by atoms with Gasteiger partial charge in [-0.05, 0) is 37.1 Å². The number of aromatic nitrogens is 1. The van der Waals surface area contributed by atoms with Crippen LogP contribution in [0.15, 0.2) is 48.8 Å². The predicted molar refractivity (Wildman–Crippen MR) is 71.2 cm³/mol. The van der Waals surface area contributed by atoms with Crippen molar-refractivity contribution in [3.05, 3.63) is 59.9 Å². The Kier molecular flexibility index (Phi) is 5.52. The van der Waals surface area contributed by atoms with Gasteiger partial charge in [0.2, 0.25) is 6.54 Å². The number of rotatable bonds is 3. The van der Waals surface area contributed by atoms with E-state index >= 15 is 0 Å². The number of nitrogens with one attached hydrogen (secondary N) is 1. The average Bonchev–Trinajstić information content (AvgIpc) is 2.28. The van der Waals surface area contributed by atoms with Crippen LogP contribution in [0.3, 0.4) is 0 Å². The van der Waals surface area contributed by atoms with Crippen LogP contribution in [-0.2, 0) is 11.3 Å². The average molecular weight is 277 g/mol. The zero-order valence-electron chi connectivity index (χ0n) is 11.1. The monoisotopic (exact) mass is 276 g/mol. The van der Waals surface area contributed by atoms with E-state index in [1.807, 2.05) is 61.1 Å². The standard InChI is InChI=1S/C15H16N2O.ClH/c1-12-8-13(2)10-14(9-12)16-15(18)11-17-6-4-3-5-7-17;/h3-10H,11H2,1-2H3;1H. The highest BCUT2D eigenvalue weighted by molar-refractivity contribution is 5.89. The molecule has 0 radical (unpaired) electrons. The number of anilines is 1. The lowest BCUT2D eigenvalue weighted by atomic mass is 10.1. The predicted octanol–water partition coefficient (Wildman–Crippen LogP) is -0.766. The zero-order valence-corrected chi connectivity index (χ0v) is 11.8. The van der Waals surface area contributed by atoms with Crippen molar-refractivity contribution >= 4 is 11.6 Å². The summed E-state index contributed by atoms with van der Waals surface area (Å²) in [6.07, 6.45) is 3.75. The lowest BCUT2D eigenvalue weighted by Gasteiger charge is -2.05. The molecule has 1 aromatic carbocycles. The van der Waals surface area contributed by atoms with Crippen molar-refractivity contribution in [1.29, 1.82) is 0 Å². The van der Waals surface area contributed by atoms with Gasteiger partial charge in [-0.3, -0.25) is 4.79 Å². The van der Waals surface area contributed by atoms with Crippen LogP contribution in [-0.4, -0.2) is 5.91 Å². The van der Waals surface area contributed by atoms with E-state index in [9.17, 15) is 4.79 Å². The molecule has 0 aliphatic carbocycles. The minimum Gasteiger partial charge on any atom is -1.00 e. The molecule has 0 unspecified atom stereocenters. The first-order valence-corrected chi connectivity index (χ1v) is 5.96. The quantitative estimate of drug-likeness (QED) is 0.734. The molecule has 1 amide bonds. The Labute approximate surface area is 119 Å². The number of hydrogen-bond donors (Lipinski definition) is 1. The van der Waals surface area contributed by atoms with Crippen LogP contribution < -0.4 is 22.3 Å². The smallest absolute Gasteiger partial charge is 0.290 e. The van der Waals surface area contributed by atoms with Gasteiger partial charge in [-0.1, -0.05) is 12.1 Å². The molecule has 3 nitrogen and oxygen atoms in total. The van der Waals surface area contributed by atoms with E-state index in [2.05, 4.69) is 11.4 Å². The van der Waals surface area contributed by atoms with Crippen LogP contribution in [0.1, 0.15) is 11.1 Å². The summed E-state index contributed by atoms with van der Waals surface area (Å²) in [5, 5.41) is 2.91. The van der Waals surface area contributed by atoms with Gasteiger partial charge in [0.05, 0.1) is 0 Å². The highest BCUT2D eigenvalue weighted by Gasteiger charge is 2.08. The number of halogens is 1. The van der Waals surface area contributed by atoms with E-state index in [0.717, 1.165) is 16.8 Å². The first-order chi connectivity index (χ1) is 8.63. The molecule has 0 saturated carbocycles. The number of pyridine rings is 1. The molecule has 4 heteroatoms. The van der Waals surface area contributed by atoms with Crippen LogP contribution in [0.2, 0.25) is 0 Å². The maximum Gasteiger partial charge on any atom is 0.290 e. The number of hydrogen-bond acceptors (Lipinski definition) is 1. The molecule has 100 valence electrons. The second-order valence-electron chi connectivity index (χ2n) is 4.47. The normalized spacial score (nSPS) is 9.58. The second-order valence-corrected chi connectivity index (χ2v) is 4.47. The molecular weight excluding hydrogens is 260 g/mol. The van der Waals surface area contributed by atoms with Gasteiger partial charge >= 0.3 is 0 Å². The fraction of sp³-hybridized carbons (Fsp3) is 0.200. The Balaban J connectivity index is 0.00000180. The first kappa shape index (κ1) is 15.2. The van der Waals surface area contributed by atoms with Gasteiger partial charge in [-0.25, -0.2) is 0 Å². The third-order valence-electron chi connectivity index (χ3n) is 2.61. The van der Waals surface area contributed by atoms with Crippen LogP contribution in [0.5, 0.6) is 0 Å². The van der Waals surface area contributed by atoms with Gasteiger partial charge < -0.3 is 17.7 Å². The molecule has 19 heavy (non-hydrogen) atoms. The molecule has 0 aliphatic heterocycles. The van der Waals surface area contributed by atoms with Gasteiger partial charge in [0, 0.05) is 17.8 Å². The van der Waals surface area contributed by atoms with Crippen molar-refractivity contribution in [3.8, 4) is 0 Å². The fourth-order valence-electron chi connectivity index (χ4n) is 1.95. The molecule has 2 aromatic rings. The van der Waals surface area contributed by atoms with E-state index in [1.165, 1.54) is 0 Å². The SMILES string of the molecule is Cc1cc(C)cc(NC(=O)C[n+]2ccccc2)c1.[Cl-]. The third kappa shape index (κ3) is 4.72. The summed E-state index contributed by atoms with van der Waals surface area (Å²) in [6, 6.07) is 11.8. The summed E-state index contributed by atoms with van der Waals surface area (Å²) in [6.45, 7) is 4.37. The Bertz CT molecular complexity index is 535. The third-order valence-corrected chi connectivity index (χ3v) is 2.61. The minimum atomic E-state index is -0.0174. The number of aryl methyl sites for hydroxylation is 2.